The highest BCUT2D eigenvalue weighted by Gasteiger charge is 2.50. The summed E-state index contributed by atoms with van der Waals surface area (Å²) in [4.78, 5) is 2.55. The predicted molar refractivity (Wildman–Crippen MR) is 264 cm³/mol. The molecule has 0 amide bonds. The monoisotopic (exact) mass is 805 g/mol. The van der Waals surface area contributed by atoms with Gasteiger partial charge in [0.25, 0.3) is 0 Å². The minimum Gasteiger partial charge on any atom is -0.310 e. The molecule has 300 valence electrons. The second kappa shape index (κ2) is 14.6. The maximum absolute atomic E-state index is 2.55. The Labute approximate surface area is 371 Å². The number of rotatable bonds is 7. The van der Waals surface area contributed by atoms with Gasteiger partial charge in [0, 0.05) is 28.3 Å². The van der Waals surface area contributed by atoms with Crippen LogP contribution in [0.2, 0.25) is 0 Å². The van der Waals surface area contributed by atoms with E-state index in [1.165, 1.54) is 88.8 Å². The van der Waals surface area contributed by atoms with Crippen LogP contribution in [0.4, 0.5) is 17.1 Å². The molecule has 0 N–H and O–H groups in total. The molecular formula is C62H47N. The van der Waals surface area contributed by atoms with Gasteiger partial charge in [-0.05, 0) is 114 Å². The molecule has 0 aliphatic heterocycles. The quantitative estimate of drug-likeness (QED) is 0.155. The van der Waals surface area contributed by atoms with Gasteiger partial charge in [-0.15, -0.1) is 0 Å². The highest BCUT2D eigenvalue weighted by molar-refractivity contribution is 6.11. The molecule has 0 saturated carbocycles. The molecule has 0 spiro atoms. The van der Waals surface area contributed by atoms with Crippen molar-refractivity contribution >= 4 is 27.8 Å². The number of nitrogens with zero attached hydrogens (tertiary/aromatic N) is 1. The van der Waals surface area contributed by atoms with Gasteiger partial charge in [-0.3, -0.25) is 0 Å². The minimum atomic E-state index is -0.460. The first-order chi connectivity index (χ1) is 31.0. The highest BCUT2D eigenvalue weighted by atomic mass is 15.1. The SMILES string of the molecule is CC1(C)c2c(-c3ccccc3)cccc2-c2c(N(c3ccc(-c4ccccc4)cc3)c3ccc4c(c3)C(c3ccccc3)(c3ccccc3)C3=CC=CCC34)ccc3cccc1c23. The third-order valence-electron chi connectivity index (χ3n) is 14.3. The lowest BCUT2D eigenvalue weighted by Gasteiger charge is -2.39. The van der Waals surface area contributed by atoms with Crippen molar-refractivity contribution in [1.29, 1.82) is 0 Å². The van der Waals surface area contributed by atoms with Gasteiger partial charge in [-0.2, -0.15) is 0 Å². The normalized spacial score (nSPS) is 16.2. The molecule has 0 saturated heterocycles. The summed E-state index contributed by atoms with van der Waals surface area (Å²) in [5.41, 5.74) is 19.8. The first-order valence-electron chi connectivity index (χ1n) is 22.4. The number of anilines is 3. The van der Waals surface area contributed by atoms with Crippen molar-refractivity contribution in [3.8, 4) is 33.4 Å². The van der Waals surface area contributed by atoms with Crippen LogP contribution in [0.1, 0.15) is 59.6 Å². The lowest BCUT2D eigenvalue weighted by Crippen LogP contribution is -2.30. The zero-order valence-corrected chi connectivity index (χ0v) is 35.7. The summed E-state index contributed by atoms with van der Waals surface area (Å²) in [5.74, 6) is 0.285. The van der Waals surface area contributed by atoms with Crippen molar-refractivity contribution in [3.63, 3.8) is 0 Å². The van der Waals surface area contributed by atoms with Crippen LogP contribution < -0.4 is 4.90 Å². The van der Waals surface area contributed by atoms with Crippen molar-refractivity contribution in [1.82, 2.24) is 0 Å². The molecule has 0 aromatic heterocycles. The van der Waals surface area contributed by atoms with E-state index >= 15 is 0 Å². The van der Waals surface area contributed by atoms with Gasteiger partial charge in [-0.1, -0.05) is 214 Å². The summed E-state index contributed by atoms with van der Waals surface area (Å²) in [7, 11) is 0. The average Bonchev–Trinajstić information content (AvgIpc) is 3.65. The lowest BCUT2D eigenvalue weighted by molar-refractivity contribution is 0.647. The summed E-state index contributed by atoms with van der Waals surface area (Å²) in [5, 5.41) is 2.59. The van der Waals surface area contributed by atoms with Crippen molar-refractivity contribution in [3.05, 3.63) is 270 Å². The van der Waals surface area contributed by atoms with Crippen molar-refractivity contribution in [2.75, 3.05) is 4.90 Å². The minimum absolute atomic E-state index is 0.244. The third-order valence-corrected chi connectivity index (χ3v) is 14.3. The maximum atomic E-state index is 2.55. The fraction of sp³-hybridized carbons (Fsp3) is 0.0968. The summed E-state index contributed by atoms with van der Waals surface area (Å²) < 4.78 is 0. The van der Waals surface area contributed by atoms with Gasteiger partial charge in [0.1, 0.15) is 0 Å². The Kier molecular flexibility index (Phi) is 8.63. The number of hydrogen-bond acceptors (Lipinski definition) is 1. The van der Waals surface area contributed by atoms with Gasteiger partial charge >= 0.3 is 0 Å². The van der Waals surface area contributed by atoms with Crippen molar-refractivity contribution < 1.29 is 0 Å². The Balaban J connectivity index is 1.16. The second-order valence-electron chi connectivity index (χ2n) is 17.9. The van der Waals surface area contributed by atoms with Crippen LogP contribution in [-0.4, -0.2) is 0 Å². The zero-order valence-electron chi connectivity index (χ0n) is 35.7. The van der Waals surface area contributed by atoms with Crippen LogP contribution in [0.15, 0.2) is 236 Å². The number of benzene rings is 9. The van der Waals surface area contributed by atoms with Crippen LogP contribution in [-0.2, 0) is 10.8 Å². The maximum Gasteiger partial charge on any atom is 0.0674 e. The predicted octanol–water partition coefficient (Wildman–Crippen LogP) is 16.3. The summed E-state index contributed by atoms with van der Waals surface area (Å²) in [6, 6.07) is 79.3. The van der Waals surface area contributed by atoms with E-state index in [0.29, 0.717) is 0 Å². The van der Waals surface area contributed by atoms with Gasteiger partial charge in [0.05, 0.1) is 11.1 Å². The van der Waals surface area contributed by atoms with Crippen LogP contribution in [0.3, 0.4) is 0 Å². The lowest BCUT2D eigenvalue weighted by atomic mass is 9.66. The summed E-state index contributed by atoms with van der Waals surface area (Å²) in [6.07, 6.45) is 8.02. The van der Waals surface area contributed by atoms with Crippen molar-refractivity contribution in [2.45, 2.75) is 37.0 Å². The van der Waals surface area contributed by atoms with Crippen LogP contribution in [0, 0.1) is 0 Å². The summed E-state index contributed by atoms with van der Waals surface area (Å²) >= 11 is 0. The Hall–Kier alpha value is -7.48. The molecule has 3 aliphatic rings. The molecule has 63 heavy (non-hydrogen) atoms. The van der Waals surface area contributed by atoms with E-state index < -0.39 is 5.41 Å². The first kappa shape index (κ1) is 37.3. The molecule has 0 radical (unpaired) electrons. The van der Waals surface area contributed by atoms with Gasteiger partial charge < -0.3 is 4.90 Å². The highest BCUT2D eigenvalue weighted by Crippen LogP contribution is 2.61. The van der Waals surface area contributed by atoms with Gasteiger partial charge in [-0.25, -0.2) is 0 Å². The largest absolute Gasteiger partial charge is 0.310 e. The molecule has 1 atom stereocenters. The van der Waals surface area contributed by atoms with E-state index in [1.807, 2.05) is 0 Å². The molecule has 0 fully saturated rings. The molecule has 1 nitrogen and oxygen atoms in total. The molecule has 1 heteroatoms. The van der Waals surface area contributed by atoms with Gasteiger partial charge in [0.2, 0.25) is 0 Å². The molecule has 12 rings (SSSR count). The Bertz CT molecular complexity index is 3210. The fourth-order valence-electron chi connectivity index (χ4n) is 11.6. The number of allylic oxidation sites excluding steroid dienone is 4. The standard InChI is InChI=1S/C62H47N/c1-61(2)55-32-17-23-45-35-40-57(59(58(45)55)53-30-18-29-50(60(53)61)44-21-9-4-10-22-44)63(48-36-33-43(34-37-48)42-19-7-3-8-20-42)49-38-39-52-51-28-15-16-31-54(51)62(56(52)41-49,46-24-11-5-12-25-46)47-26-13-6-14-27-47/h3-27,29-41,51H,28H2,1-2H3. The Morgan fingerprint density at radius 3 is 1.79 bits per heavy atom. The molecule has 9 aromatic rings. The van der Waals surface area contributed by atoms with E-state index in [9.17, 15) is 0 Å². The summed E-state index contributed by atoms with van der Waals surface area (Å²) in [6.45, 7) is 4.83. The number of hydrogen-bond donors (Lipinski definition) is 0. The molecule has 0 bridgehead atoms. The smallest absolute Gasteiger partial charge is 0.0674 e. The van der Waals surface area contributed by atoms with Crippen LogP contribution in [0.5, 0.6) is 0 Å². The average molecular weight is 806 g/mol. The topological polar surface area (TPSA) is 3.24 Å². The van der Waals surface area contributed by atoms with Crippen molar-refractivity contribution in [2.24, 2.45) is 0 Å². The van der Waals surface area contributed by atoms with E-state index in [-0.39, 0.29) is 11.3 Å². The molecule has 9 aromatic carbocycles. The van der Waals surface area contributed by atoms with Gasteiger partial charge in [0.15, 0.2) is 0 Å². The fourth-order valence-corrected chi connectivity index (χ4v) is 11.6. The van der Waals surface area contributed by atoms with E-state index in [2.05, 4.69) is 249 Å². The first-order valence-corrected chi connectivity index (χ1v) is 22.4. The molecule has 3 aliphatic carbocycles. The molecule has 1 unspecified atom stereocenters. The molecule has 0 heterocycles. The molecular weight excluding hydrogens is 759 g/mol. The van der Waals surface area contributed by atoms with Crippen LogP contribution >= 0.6 is 0 Å². The number of fused-ring (bicyclic) bond motifs is 5. The zero-order chi connectivity index (χ0) is 42.1. The Morgan fingerprint density at radius 1 is 0.492 bits per heavy atom. The van der Waals surface area contributed by atoms with E-state index in [4.69, 9.17) is 0 Å². The Morgan fingerprint density at radius 2 is 1.10 bits per heavy atom. The second-order valence-corrected chi connectivity index (χ2v) is 17.9. The third kappa shape index (κ3) is 5.62. The van der Waals surface area contributed by atoms with Crippen LogP contribution in [0.25, 0.3) is 44.2 Å². The van der Waals surface area contributed by atoms with E-state index in [1.54, 1.807) is 0 Å². The van der Waals surface area contributed by atoms with E-state index in [0.717, 1.165) is 17.8 Å².